The van der Waals surface area contributed by atoms with Crippen molar-refractivity contribution >= 4 is 17.0 Å². The van der Waals surface area contributed by atoms with Gasteiger partial charge in [-0.05, 0) is 36.1 Å². The third kappa shape index (κ3) is 3.04. The van der Waals surface area contributed by atoms with Crippen molar-refractivity contribution in [1.82, 2.24) is 0 Å². The maximum atomic E-state index is 10.6. The summed E-state index contributed by atoms with van der Waals surface area (Å²) in [7, 11) is 0. The van der Waals surface area contributed by atoms with Crippen LogP contribution < -0.4 is 4.74 Å². The number of ether oxygens (including phenoxy) is 1. The minimum Gasteiger partial charge on any atom is -0.414 e. The molecule has 14 heavy (non-hydrogen) atoms. The SMILES string of the molecule is CCc1cc(CC)cc(OC(=O)Cl)c1. The molecule has 0 aliphatic carbocycles. The van der Waals surface area contributed by atoms with Crippen LogP contribution in [0.1, 0.15) is 25.0 Å². The maximum absolute atomic E-state index is 10.6. The normalized spacial score (nSPS) is 9.93. The molecule has 0 fully saturated rings. The number of hydrogen-bond donors (Lipinski definition) is 0. The van der Waals surface area contributed by atoms with Gasteiger partial charge in [-0.3, -0.25) is 0 Å². The molecule has 3 heteroatoms. The van der Waals surface area contributed by atoms with E-state index < -0.39 is 5.43 Å². The van der Waals surface area contributed by atoms with Gasteiger partial charge >= 0.3 is 5.43 Å². The number of halogens is 1. The minimum atomic E-state index is -0.791. The lowest BCUT2D eigenvalue weighted by molar-refractivity contribution is 0.225. The number of benzene rings is 1. The van der Waals surface area contributed by atoms with Crippen LogP contribution in [0.25, 0.3) is 0 Å². The van der Waals surface area contributed by atoms with Gasteiger partial charge in [0.1, 0.15) is 5.75 Å². The molecule has 0 aromatic heterocycles. The van der Waals surface area contributed by atoms with Crippen molar-refractivity contribution in [2.45, 2.75) is 26.7 Å². The van der Waals surface area contributed by atoms with E-state index in [2.05, 4.69) is 19.9 Å². The van der Waals surface area contributed by atoms with Crippen molar-refractivity contribution in [2.24, 2.45) is 0 Å². The monoisotopic (exact) mass is 212 g/mol. The van der Waals surface area contributed by atoms with Gasteiger partial charge in [0.2, 0.25) is 0 Å². The topological polar surface area (TPSA) is 26.3 Å². The summed E-state index contributed by atoms with van der Waals surface area (Å²) < 4.78 is 4.83. The third-order valence-corrected chi connectivity index (χ3v) is 2.12. The van der Waals surface area contributed by atoms with Gasteiger partial charge in [0.05, 0.1) is 0 Å². The molecule has 0 aliphatic rings. The molecule has 1 aromatic carbocycles. The first-order valence-corrected chi connectivity index (χ1v) is 5.03. The second kappa shape index (κ2) is 5.01. The molecule has 0 N–H and O–H groups in total. The molecule has 2 nitrogen and oxygen atoms in total. The molecule has 0 bridgehead atoms. The number of rotatable bonds is 3. The Morgan fingerprint density at radius 1 is 1.21 bits per heavy atom. The highest BCUT2D eigenvalue weighted by atomic mass is 35.5. The van der Waals surface area contributed by atoms with Gasteiger partial charge in [-0.1, -0.05) is 19.9 Å². The molecule has 0 unspecified atom stereocenters. The van der Waals surface area contributed by atoms with Crippen LogP contribution in [0.3, 0.4) is 0 Å². The number of carbonyl (C=O) groups excluding carboxylic acids is 1. The smallest absolute Gasteiger partial charge is 0.409 e. The Kier molecular flexibility index (Phi) is 3.96. The Bertz CT molecular complexity index is 312. The van der Waals surface area contributed by atoms with Crippen molar-refractivity contribution in [3.05, 3.63) is 29.3 Å². The van der Waals surface area contributed by atoms with Crippen molar-refractivity contribution in [2.75, 3.05) is 0 Å². The van der Waals surface area contributed by atoms with Crippen LogP contribution in [0.4, 0.5) is 4.79 Å². The van der Waals surface area contributed by atoms with Crippen molar-refractivity contribution in [1.29, 1.82) is 0 Å². The van der Waals surface area contributed by atoms with Crippen molar-refractivity contribution in [3.8, 4) is 5.75 Å². The minimum absolute atomic E-state index is 0.529. The van der Waals surface area contributed by atoms with E-state index in [9.17, 15) is 4.79 Å². The van der Waals surface area contributed by atoms with Gasteiger partial charge in [0, 0.05) is 11.6 Å². The molecule has 0 spiro atoms. The summed E-state index contributed by atoms with van der Waals surface area (Å²) in [5.74, 6) is 0.529. The van der Waals surface area contributed by atoms with Gasteiger partial charge in [0.25, 0.3) is 0 Å². The Hall–Kier alpha value is -1.02. The summed E-state index contributed by atoms with van der Waals surface area (Å²) in [6, 6.07) is 5.77. The van der Waals surface area contributed by atoms with Gasteiger partial charge in [-0.2, -0.15) is 0 Å². The zero-order valence-electron chi connectivity index (χ0n) is 8.34. The average Bonchev–Trinajstić information content (AvgIpc) is 2.16. The molecule has 0 saturated carbocycles. The van der Waals surface area contributed by atoms with E-state index in [-0.39, 0.29) is 0 Å². The first-order valence-electron chi connectivity index (χ1n) is 4.65. The molecule has 0 amide bonds. The highest BCUT2D eigenvalue weighted by Crippen LogP contribution is 2.19. The fourth-order valence-electron chi connectivity index (χ4n) is 1.29. The second-order valence-corrected chi connectivity index (χ2v) is 3.34. The largest absolute Gasteiger partial charge is 0.414 e. The second-order valence-electron chi connectivity index (χ2n) is 3.03. The zero-order chi connectivity index (χ0) is 10.6. The summed E-state index contributed by atoms with van der Waals surface area (Å²) in [4.78, 5) is 10.6. The first kappa shape index (κ1) is 11.1. The van der Waals surface area contributed by atoms with E-state index in [0.29, 0.717) is 5.75 Å². The van der Waals surface area contributed by atoms with E-state index in [1.165, 1.54) is 0 Å². The molecule has 1 rings (SSSR count). The molecular formula is C11H13ClO2. The summed E-state index contributed by atoms with van der Waals surface area (Å²) in [6.45, 7) is 4.11. The molecule has 0 aliphatic heterocycles. The Labute approximate surface area is 88.8 Å². The van der Waals surface area contributed by atoms with Gasteiger partial charge in [0.15, 0.2) is 0 Å². The number of aryl methyl sites for hydroxylation is 2. The lowest BCUT2D eigenvalue weighted by atomic mass is 10.1. The van der Waals surface area contributed by atoms with Crippen molar-refractivity contribution in [3.63, 3.8) is 0 Å². The molecule has 0 heterocycles. The lowest BCUT2D eigenvalue weighted by Crippen LogP contribution is -1.98. The molecule has 1 aromatic rings. The van der Waals surface area contributed by atoms with Gasteiger partial charge in [-0.25, -0.2) is 4.79 Å². The summed E-state index contributed by atoms with van der Waals surface area (Å²) >= 11 is 5.14. The van der Waals surface area contributed by atoms with Gasteiger partial charge < -0.3 is 4.74 Å². The fourth-order valence-corrected chi connectivity index (χ4v) is 1.38. The lowest BCUT2D eigenvalue weighted by Gasteiger charge is -2.06. The summed E-state index contributed by atoms with van der Waals surface area (Å²) in [5, 5.41) is 0. The fraction of sp³-hybridized carbons (Fsp3) is 0.364. The van der Waals surface area contributed by atoms with Crippen LogP contribution in [0.5, 0.6) is 5.75 Å². The van der Waals surface area contributed by atoms with Crippen LogP contribution in [0.15, 0.2) is 18.2 Å². The molecular weight excluding hydrogens is 200 g/mol. The van der Waals surface area contributed by atoms with E-state index in [4.69, 9.17) is 16.3 Å². The molecule has 0 saturated heterocycles. The molecule has 0 radical (unpaired) electrons. The van der Waals surface area contributed by atoms with Crippen LogP contribution in [-0.4, -0.2) is 5.43 Å². The van der Waals surface area contributed by atoms with Crippen molar-refractivity contribution < 1.29 is 9.53 Å². The van der Waals surface area contributed by atoms with Crippen LogP contribution in [0, 0.1) is 0 Å². The van der Waals surface area contributed by atoms with Gasteiger partial charge in [-0.15, -0.1) is 0 Å². The molecule has 0 atom stereocenters. The van der Waals surface area contributed by atoms with E-state index in [1.807, 2.05) is 12.1 Å². The first-order chi connectivity index (χ1) is 6.65. The highest BCUT2D eigenvalue weighted by molar-refractivity contribution is 6.61. The van der Waals surface area contributed by atoms with E-state index >= 15 is 0 Å². The van der Waals surface area contributed by atoms with E-state index in [1.54, 1.807) is 0 Å². The zero-order valence-corrected chi connectivity index (χ0v) is 9.10. The molecule has 76 valence electrons. The van der Waals surface area contributed by atoms with Crippen LogP contribution in [-0.2, 0) is 12.8 Å². The highest BCUT2D eigenvalue weighted by Gasteiger charge is 2.03. The van der Waals surface area contributed by atoms with Crippen LogP contribution in [0.2, 0.25) is 0 Å². The predicted octanol–water partition coefficient (Wildman–Crippen LogP) is 3.55. The summed E-state index contributed by atoms with van der Waals surface area (Å²) in [6.07, 6.45) is 1.83. The standard InChI is InChI=1S/C11H13ClO2/c1-3-8-5-9(4-2)7-10(6-8)14-11(12)13/h5-7H,3-4H2,1-2H3. The quantitative estimate of drug-likeness (QED) is 0.717. The Balaban J connectivity index is 2.98. The van der Waals surface area contributed by atoms with E-state index in [0.717, 1.165) is 24.0 Å². The Morgan fingerprint density at radius 3 is 2.07 bits per heavy atom. The Morgan fingerprint density at radius 2 is 1.71 bits per heavy atom. The van der Waals surface area contributed by atoms with Crippen LogP contribution >= 0.6 is 11.6 Å². The third-order valence-electron chi connectivity index (χ3n) is 2.04. The predicted molar refractivity (Wildman–Crippen MR) is 57.1 cm³/mol. The number of carbonyl (C=O) groups is 1. The average molecular weight is 213 g/mol. The summed E-state index contributed by atoms with van der Waals surface area (Å²) in [5.41, 5.74) is 1.51. The maximum Gasteiger partial charge on any atom is 0.409 e. The number of hydrogen-bond acceptors (Lipinski definition) is 2.